The molecule has 0 aliphatic rings. The van der Waals surface area contributed by atoms with Gasteiger partial charge in [0, 0.05) is 25.5 Å². The minimum absolute atomic E-state index is 0. The molecule has 0 saturated carbocycles. The quantitative estimate of drug-likeness (QED) is 0.122. The van der Waals surface area contributed by atoms with E-state index in [0.717, 1.165) is 34.6 Å². The second-order valence-electron chi connectivity index (χ2n) is 7.86. The molecule has 0 aliphatic heterocycles. The summed E-state index contributed by atoms with van der Waals surface area (Å²) in [6, 6.07) is 22.6. The summed E-state index contributed by atoms with van der Waals surface area (Å²) < 4.78 is 0. The second-order valence-corrected chi connectivity index (χ2v) is 8.22. The van der Waals surface area contributed by atoms with E-state index in [1.807, 2.05) is 74.8 Å². The molecule has 0 atom stereocenters. The Morgan fingerprint density at radius 2 is 1.00 bits per heavy atom. The number of isothiocyanates is 2. The summed E-state index contributed by atoms with van der Waals surface area (Å²) in [5.41, 5.74) is 1.36. The molecule has 4 aromatic carbocycles. The van der Waals surface area contributed by atoms with E-state index in [1.165, 1.54) is 10.3 Å². The number of nitrogens with zero attached hydrogens (tertiary/aromatic N) is 4. The van der Waals surface area contributed by atoms with Crippen molar-refractivity contribution in [1.29, 1.82) is 0 Å². The average molecular weight is 688 g/mol. The molecule has 42 heavy (non-hydrogen) atoms. The van der Waals surface area contributed by atoms with Gasteiger partial charge in [0.05, 0.1) is 13.1 Å². The van der Waals surface area contributed by atoms with Gasteiger partial charge in [-0.2, -0.15) is 10.3 Å². The van der Waals surface area contributed by atoms with Gasteiger partial charge in [0.2, 0.25) is 0 Å². The number of benzene rings is 4. The van der Waals surface area contributed by atoms with Crippen LogP contribution in [0, 0.1) is 0 Å². The van der Waals surface area contributed by atoms with Gasteiger partial charge in [0.1, 0.15) is 0 Å². The number of aliphatic imine (C=N–C) groups is 2. The van der Waals surface area contributed by atoms with Gasteiger partial charge in [-0.1, -0.05) is 109 Å². The van der Waals surface area contributed by atoms with Gasteiger partial charge >= 0.3 is 33.0 Å². The van der Waals surface area contributed by atoms with Crippen LogP contribution in [-0.4, -0.2) is 63.0 Å². The van der Waals surface area contributed by atoms with E-state index in [0.29, 0.717) is 24.2 Å². The molecule has 0 saturated heterocycles. The fourth-order valence-electron chi connectivity index (χ4n) is 3.48. The summed E-state index contributed by atoms with van der Waals surface area (Å²) >= 11 is 7.40. The van der Waals surface area contributed by atoms with Crippen molar-refractivity contribution in [2.45, 2.75) is 0 Å². The van der Waals surface area contributed by atoms with Crippen molar-refractivity contribution in [2.75, 3.05) is 40.3 Å². The summed E-state index contributed by atoms with van der Waals surface area (Å²) in [5.74, 6) is 0.0498. The molecule has 0 heterocycles. The van der Waals surface area contributed by atoms with Crippen LogP contribution in [0.1, 0.15) is 11.1 Å². The maximum Gasteiger partial charge on any atom is 3.00 e. The third-order valence-corrected chi connectivity index (χ3v) is 5.28. The molecule has 4 rings (SSSR count). The maximum atomic E-state index is 11.8. The van der Waals surface area contributed by atoms with Crippen molar-refractivity contribution in [3.63, 3.8) is 0 Å². The van der Waals surface area contributed by atoms with Gasteiger partial charge < -0.3 is 31.7 Å². The Hall–Kier alpha value is -3.15. The van der Waals surface area contributed by atoms with E-state index in [-0.39, 0.29) is 44.5 Å². The van der Waals surface area contributed by atoms with E-state index in [2.05, 4.69) is 45.1 Å². The van der Waals surface area contributed by atoms with Crippen molar-refractivity contribution >= 4 is 68.7 Å². The van der Waals surface area contributed by atoms with Crippen molar-refractivity contribution in [3.8, 4) is 11.5 Å². The van der Waals surface area contributed by atoms with Crippen LogP contribution in [0.5, 0.6) is 11.5 Å². The molecule has 4 aromatic rings. The van der Waals surface area contributed by atoms with E-state index in [9.17, 15) is 10.2 Å². The molecule has 0 amide bonds. The summed E-state index contributed by atoms with van der Waals surface area (Å²) in [6.07, 6.45) is 3.37. The zero-order valence-electron chi connectivity index (χ0n) is 23.0. The first-order valence-electron chi connectivity index (χ1n) is 12.2. The van der Waals surface area contributed by atoms with Crippen molar-refractivity contribution in [1.82, 2.24) is 10.6 Å². The van der Waals surface area contributed by atoms with Crippen LogP contribution in [0.4, 0.5) is 0 Å². The van der Waals surface area contributed by atoms with Gasteiger partial charge in [-0.25, -0.2) is 0 Å². The van der Waals surface area contributed by atoms with E-state index >= 15 is 0 Å². The Bertz CT molecular complexity index is 1360. The molecule has 2 radical (unpaired) electrons. The molecular formula is C30H30N6Ni2O2S2+2. The second kappa shape index (κ2) is 25.5. The number of nitrogens with one attached hydrogen (secondary N) is 2. The molecule has 8 nitrogen and oxygen atoms in total. The molecule has 12 heteroatoms. The van der Waals surface area contributed by atoms with Crippen LogP contribution in [0.15, 0.2) is 82.8 Å². The fourth-order valence-corrected chi connectivity index (χ4v) is 3.48. The predicted octanol–water partition coefficient (Wildman–Crippen LogP) is 4.42. The third kappa shape index (κ3) is 14.7. The number of hydrogen-bond acceptors (Lipinski definition) is 8. The summed E-state index contributed by atoms with van der Waals surface area (Å²) in [6.45, 7) is 2.99. The van der Waals surface area contributed by atoms with Gasteiger partial charge in [-0.15, -0.1) is 0 Å². The largest absolute Gasteiger partial charge is 3.00 e. The fraction of sp³-hybridized carbons (Fsp3) is 0.200. The van der Waals surface area contributed by atoms with Crippen LogP contribution >= 0.6 is 24.4 Å². The number of fused-ring (bicyclic) bond motifs is 2. The molecule has 0 unspecified atom stereocenters. The first-order valence-corrected chi connectivity index (χ1v) is 13.0. The minimum atomic E-state index is 0. The molecule has 0 aromatic heterocycles. The van der Waals surface area contributed by atoms with Crippen molar-refractivity contribution in [3.05, 3.63) is 94.7 Å². The first kappa shape index (κ1) is 41.0. The minimum Gasteiger partial charge on any atom is -0.872 e. The Balaban J connectivity index is 0. The maximum absolute atomic E-state index is 11.8. The number of rotatable bonds is 8. The number of likely N-dealkylation sites (N-methyl/N-ethyl adjacent to an activating group) is 2. The SMILES string of the molecule is CNCCN=Cc1c([O-])ccc2ccccc12.CNCCN=Cc1c([O-])ccc2ccccc12.[N-]=C=S.[N-]=C=S.[Ni+3].[Ni+3]. The summed E-state index contributed by atoms with van der Waals surface area (Å²) in [5, 5.41) is 50.6. The Labute approximate surface area is 277 Å². The molecule has 0 fully saturated rings. The summed E-state index contributed by atoms with van der Waals surface area (Å²) in [4.78, 5) is 8.51. The molecule has 0 spiro atoms. The average Bonchev–Trinajstić information content (AvgIpc) is 2.96. The Kier molecular flexibility index (Phi) is 24.9. The molecule has 222 valence electrons. The van der Waals surface area contributed by atoms with Gasteiger partial charge in [0.15, 0.2) is 0 Å². The zero-order valence-corrected chi connectivity index (χ0v) is 26.6. The Morgan fingerprint density at radius 1 is 0.667 bits per heavy atom. The van der Waals surface area contributed by atoms with Crippen molar-refractivity contribution < 1.29 is 43.2 Å². The van der Waals surface area contributed by atoms with E-state index in [4.69, 9.17) is 10.8 Å². The zero-order chi connectivity index (χ0) is 29.6. The van der Waals surface area contributed by atoms with Crippen LogP contribution in [0.2, 0.25) is 0 Å². The molecule has 2 N–H and O–H groups in total. The van der Waals surface area contributed by atoms with Gasteiger partial charge in [-0.3, -0.25) is 9.98 Å². The van der Waals surface area contributed by atoms with E-state index < -0.39 is 0 Å². The predicted molar refractivity (Wildman–Crippen MR) is 171 cm³/mol. The van der Waals surface area contributed by atoms with Gasteiger partial charge in [-0.05, 0) is 46.8 Å². The molecule has 0 aliphatic carbocycles. The van der Waals surface area contributed by atoms with Crippen molar-refractivity contribution in [2.24, 2.45) is 9.98 Å². The number of hydrogen-bond donors (Lipinski definition) is 2. The Morgan fingerprint density at radius 3 is 1.33 bits per heavy atom. The van der Waals surface area contributed by atoms with Gasteiger partial charge in [0.25, 0.3) is 0 Å². The van der Waals surface area contributed by atoms with Crippen LogP contribution in [0.3, 0.4) is 0 Å². The smallest absolute Gasteiger partial charge is 0.872 e. The van der Waals surface area contributed by atoms with E-state index in [1.54, 1.807) is 24.6 Å². The number of thiocarbonyl (C=S) groups is 2. The van der Waals surface area contributed by atoms with Crippen LogP contribution in [0.25, 0.3) is 32.4 Å². The first-order chi connectivity index (χ1) is 19.5. The third-order valence-electron chi connectivity index (χ3n) is 5.28. The van der Waals surface area contributed by atoms with Crippen LogP contribution < -0.4 is 20.8 Å². The normalized spacial score (nSPS) is 9.57. The standard InChI is InChI=1S/2C14H16N2O.2CNS.2Ni/c2*1-15-8-9-16-10-13-12-5-3-2-4-11(12)6-7-14(13)17;2*2-1-3;;/h2*2-7,10,15,17H,8-9H2,1H3;;;;/q;;2*-1;2*+3/p-2. The van der Waals surface area contributed by atoms with Crippen LogP contribution in [-0.2, 0) is 33.0 Å². The molecular weight excluding hydrogens is 658 g/mol. The monoisotopic (exact) mass is 686 g/mol. The summed E-state index contributed by atoms with van der Waals surface area (Å²) in [7, 11) is 3.76. The topological polar surface area (TPSA) is 140 Å². The molecule has 0 bridgehead atoms.